The monoisotopic (exact) mass is 172 g/mol. The van der Waals surface area contributed by atoms with Crippen LogP contribution in [0.3, 0.4) is 0 Å². The Hall–Kier alpha value is -0.0800. The molecule has 3 N–H and O–H groups in total. The van der Waals surface area contributed by atoms with Gasteiger partial charge in [0.15, 0.2) is 0 Å². The second-order valence-electron chi connectivity index (χ2n) is 3.60. The first-order valence-corrected chi connectivity index (χ1v) is 5.18. The SMILES string of the molecule is CCC(C)CCNC(CC)CN. The van der Waals surface area contributed by atoms with Crippen molar-refractivity contribution in [2.45, 2.75) is 46.1 Å². The Balaban J connectivity index is 3.28. The van der Waals surface area contributed by atoms with Crippen LogP contribution in [-0.2, 0) is 0 Å². The average Bonchev–Trinajstić information content (AvgIpc) is 2.12. The maximum absolute atomic E-state index is 5.57. The number of hydrogen-bond donors (Lipinski definition) is 2. The molecule has 74 valence electrons. The predicted molar refractivity (Wildman–Crippen MR) is 55.2 cm³/mol. The summed E-state index contributed by atoms with van der Waals surface area (Å²) >= 11 is 0. The molecular formula is C10H24N2. The van der Waals surface area contributed by atoms with E-state index in [0.29, 0.717) is 6.04 Å². The van der Waals surface area contributed by atoms with Gasteiger partial charge in [-0.15, -0.1) is 0 Å². The summed E-state index contributed by atoms with van der Waals surface area (Å²) < 4.78 is 0. The molecule has 0 aromatic heterocycles. The van der Waals surface area contributed by atoms with Crippen LogP contribution in [0.5, 0.6) is 0 Å². The van der Waals surface area contributed by atoms with Gasteiger partial charge in [0.2, 0.25) is 0 Å². The summed E-state index contributed by atoms with van der Waals surface area (Å²) in [6.07, 6.45) is 3.69. The van der Waals surface area contributed by atoms with Crippen molar-refractivity contribution in [1.82, 2.24) is 5.32 Å². The zero-order valence-electron chi connectivity index (χ0n) is 8.77. The highest BCUT2D eigenvalue weighted by molar-refractivity contribution is 4.65. The Morgan fingerprint density at radius 3 is 2.33 bits per heavy atom. The first-order chi connectivity index (χ1) is 5.74. The van der Waals surface area contributed by atoms with Gasteiger partial charge in [0, 0.05) is 12.6 Å². The molecule has 0 heterocycles. The van der Waals surface area contributed by atoms with E-state index in [2.05, 4.69) is 26.1 Å². The van der Waals surface area contributed by atoms with Crippen LogP contribution in [0, 0.1) is 5.92 Å². The fourth-order valence-electron chi connectivity index (χ4n) is 1.13. The van der Waals surface area contributed by atoms with Crippen LogP contribution in [0.15, 0.2) is 0 Å². The second kappa shape index (κ2) is 7.56. The van der Waals surface area contributed by atoms with Crippen LogP contribution in [-0.4, -0.2) is 19.1 Å². The Kier molecular flexibility index (Phi) is 7.51. The molecule has 2 atom stereocenters. The summed E-state index contributed by atoms with van der Waals surface area (Å²) in [7, 11) is 0. The van der Waals surface area contributed by atoms with Crippen LogP contribution in [0.25, 0.3) is 0 Å². The lowest BCUT2D eigenvalue weighted by Crippen LogP contribution is -2.36. The lowest BCUT2D eigenvalue weighted by atomic mass is 10.1. The topological polar surface area (TPSA) is 38.0 Å². The van der Waals surface area contributed by atoms with E-state index >= 15 is 0 Å². The van der Waals surface area contributed by atoms with Gasteiger partial charge in [0.1, 0.15) is 0 Å². The highest BCUT2D eigenvalue weighted by Gasteiger charge is 2.03. The third-order valence-electron chi connectivity index (χ3n) is 2.54. The lowest BCUT2D eigenvalue weighted by molar-refractivity contribution is 0.441. The Bertz CT molecular complexity index is 89.8. The van der Waals surface area contributed by atoms with Gasteiger partial charge in [0.05, 0.1) is 0 Å². The standard InChI is InChI=1S/C10H24N2/c1-4-9(3)6-7-12-10(5-2)8-11/h9-10,12H,4-8,11H2,1-3H3. The van der Waals surface area contributed by atoms with Gasteiger partial charge in [-0.2, -0.15) is 0 Å². The summed E-state index contributed by atoms with van der Waals surface area (Å²) in [5.74, 6) is 0.841. The maximum Gasteiger partial charge on any atom is 0.0187 e. The molecule has 2 heteroatoms. The second-order valence-corrected chi connectivity index (χ2v) is 3.60. The van der Waals surface area contributed by atoms with Gasteiger partial charge in [-0.1, -0.05) is 27.2 Å². The molecule has 0 aromatic carbocycles. The first-order valence-electron chi connectivity index (χ1n) is 5.18. The zero-order valence-corrected chi connectivity index (χ0v) is 8.77. The molecule has 0 bridgehead atoms. The Labute approximate surface area is 76.9 Å². The van der Waals surface area contributed by atoms with Crippen molar-refractivity contribution in [3.05, 3.63) is 0 Å². The number of nitrogens with one attached hydrogen (secondary N) is 1. The summed E-state index contributed by atoms with van der Waals surface area (Å²) in [5, 5.41) is 3.46. The van der Waals surface area contributed by atoms with Crippen LogP contribution < -0.4 is 11.1 Å². The van der Waals surface area contributed by atoms with Gasteiger partial charge in [-0.3, -0.25) is 0 Å². The van der Waals surface area contributed by atoms with E-state index in [4.69, 9.17) is 5.73 Å². The highest BCUT2D eigenvalue weighted by atomic mass is 14.9. The van der Waals surface area contributed by atoms with Gasteiger partial charge in [-0.05, 0) is 25.3 Å². The molecule has 2 nitrogen and oxygen atoms in total. The van der Waals surface area contributed by atoms with Gasteiger partial charge in [-0.25, -0.2) is 0 Å². The van der Waals surface area contributed by atoms with E-state index in [0.717, 1.165) is 25.4 Å². The van der Waals surface area contributed by atoms with E-state index in [1.807, 2.05) is 0 Å². The number of hydrogen-bond acceptors (Lipinski definition) is 2. The molecule has 0 amide bonds. The Morgan fingerprint density at radius 1 is 1.25 bits per heavy atom. The summed E-state index contributed by atoms with van der Waals surface area (Å²) in [5.41, 5.74) is 5.57. The molecule has 0 aliphatic carbocycles. The molecule has 12 heavy (non-hydrogen) atoms. The van der Waals surface area contributed by atoms with Crippen molar-refractivity contribution in [1.29, 1.82) is 0 Å². The minimum absolute atomic E-state index is 0.522. The minimum Gasteiger partial charge on any atom is -0.329 e. The van der Waals surface area contributed by atoms with Crippen LogP contribution in [0.2, 0.25) is 0 Å². The van der Waals surface area contributed by atoms with Crippen LogP contribution >= 0.6 is 0 Å². The van der Waals surface area contributed by atoms with Crippen molar-refractivity contribution < 1.29 is 0 Å². The molecule has 0 saturated heterocycles. The van der Waals surface area contributed by atoms with Gasteiger partial charge < -0.3 is 11.1 Å². The van der Waals surface area contributed by atoms with Gasteiger partial charge >= 0.3 is 0 Å². The van der Waals surface area contributed by atoms with Crippen molar-refractivity contribution in [2.24, 2.45) is 11.7 Å². The molecule has 2 unspecified atom stereocenters. The molecular weight excluding hydrogens is 148 g/mol. The smallest absolute Gasteiger partial charge is 0.0187 e. The van der Waals surface area contributed by atoms with Crippen molar-refractivity contribution in [2.75, 3.05) is 13.1 Å². The van der Waals surface area contributed by atoms with E-state index in [9.17, 15) is 0 Å². The molecule has 0 saturated carbocycles. The molecule has 0 fully saturated rings. The Morgan fingerprint density at radius 2 is 1.92 bits per heavy atom. The quantitative estimate of drug-likeness (QED) is 0.614. The highest BCUT2D eigenvalue weighted by Crippen LogP contribution is 2.04. The molecule has 0 rings (SSSR count). The molecule has 0 aliphatic rings. The van der Waals surface area contributed by atoms with E-state index < -0.39 is 0 Å². The van der Waals surface area contributed by atoms with Crippen molar-refractivity contribution >= 4 is 0 Å². The molecule has 0 spiro atoms. The predicted octanol–water partition coefficient (Wildman–Crippen LogP) is 1.75. The van der Waals surface area contributed by atoms with Crippen LogP contribution in [0.1, 0.15) is 40.0 Å². The minimum atomic E-state index is 0.522. The van der Waals surface area contributed by atoms with Crippen molar-refractivity contribution in [3.63, 3.8) is 0 Å². The fraction of sp³-hybridized carbons (Fsp3) is 1.00. The largest absolute Gasteiger partial charge is 0.329 e. The fourth-order valence-corrected chi connectivity index (χ4v) is 1.13. The average molecular weight is 172 g/mol. The van der Waals surface area contributed by atoms with E-state index in [1.54, 1.807) is 0 Å². The summed E-state index contributed by atoms with van der Waals surface area (Å²) in [6, 6.07) is 0.522. The lowest BCUT2D eigenvalue weighted by Gasteiger charge is -2.15. The summed E-state index contributed by atoms with van der Waals surface area (Å²) in [6.45, 7) is 8.59. The van der Waals surface area contributed by atoms with E-state index in [-0.39, 0.29) is 0 Å². The molecule has 0 aliphatic heterocycles. The first kappa shape index (κ1) is 11.9. The normalized spacial score (nSPS) is 16.0. The van der Waals surface area contributed by atoms with Gasteiger partial charge in [0.25, 0.3) is 0 Å². The van der Waals surface area contributed by atoms with Crippen molar-refractivity contribution in [3.8, 4) is 0 Å². The summed E-state index contributed by atoms with van der Waals surface area (Å²) in [4.78, 5) is 0. The number of nitrogens with two attached hydrogens (primary N) is 1. The molecule has 0 aromatic rings. The maximum atomic E-state index is 5.57. The third-order valence-corrected chi connectivity index (χ3v) is 2.54. The third kappa shape index (κ3) is 5.56. The number of rotatable bonds is 7. The zero-order chi connectivity index (χ0) is 9.40. The van der Waals surface area contributed by atoms with E-state index in [1.165, 1.54) is 12.8 Å². The molecule has 0 radical (unpaired) electrons. The van der Waals surface area contributed by atoms with Crippen LogP contribution in [0.4, 0.5) is 0 Å².